The molecule has 0 saturated carbocycles. The number of hydrogen-bond donors (Lipinski definition) is 0. The van der Waals surface area contributed by atoms with E-state index in [1.54, 1.807) is 0 Å². The number of anilines is 3. The van der Waals surface area contributed by atoms with Crippen LogP contribution in [0.4, 0.5) is 17.1 Å². The Morgan fingerprint density at radius 2 is 0.956 bits per heavy atom. The third-order valence-electron chi connectivity index (χ3n) is 8.69. The molecule has 0 amide bonds. The summed E-state index contributed by atoms with van der Waals surface area (Å²) in [5, 5.41) is 4.86. The van der Waals surface area contributed by atoms with Gasteiger partial charge >= 0.3 is 0 Å². The van der Waals surface area contributed by atoms with Crippen molar-refractivity contribution in [3.8, 4) is 22.3 Å². The zero-order valence-electron chi connectivity index (χ0n) is 24.4. The number of hydrogen-bond acceptors (Lipinski definition) is 3. The van der Waals surface area contributed by atoms with Crippen molar-refractivity contribution in [2.24, 2.45) is 0 Å². The minimum absolute atomic E-state index is 0.888. The van der Waals surface area contributed by atoms with Gasteiger partial charge in [-0.25, -0.2) is 0 Å². The highest BCUT2D eigenvalue weighted by molar-refractivity contribution is 7.26. The Morgan fingerprint density at radius 1 is 0.400 bits per heavy atom. The fourth-order valence-electron chi connectivity index (χ4n) is 6.55. The van der Waals surface area contributed by atoms with E-state index < -0.39 is 0 Å². The van der Waals surface area contributed by atoms with Crippen molar-refractivity contribution in [3.05, 3.63) is 164 Å². The molecule has 2 heterocycles. The second-order valence-corrected chi connectivity index (χ2v) is 12.4. The molecule has 0 aliphatic heterocycles. The molecule has 9 aromatic rings. The van der Waals surface area contributed by atoms with Gasteiger partial charge in [0.1, 0.15) is 11.2 Å². The van der Waals surface area contributed by atoms with Gasteiger partial charge in [0, 0.05) is 36.9 Å². The van der Waals surface area contributed by atoms with Gasteiger partial charge in [-0.15, -0.1) is 11.3 Å². The lowest BCUT2D eigenvalue weighted by atomic mass is 10.0. The van der Waals surface area contributed by atoms with Crippen LogP contribution in [0.5, 0.6) is 0 Å². The number of furan rings is 1. The lowest BCUT2D eigenvalue weighted by Gasteiger charge is -2.26. The predicted octanol–water partition coefficient (Wildman–Crippen LogP) is 12.8. The molecule has 0 fully saturated rings. The summed E-state index contributed by atoms with van der Waals surface area (Å²) >= 11 is 1.84. The fraction of sp³-hybridized carbons (Fsp3) is 0. The third kappa shape index (κ3) is 4.32. The van der Waals surface area contributed by atoms with Crippen LogP contribution in [0.25, 0.3) is 64.4 Å². The SMILES string of the molecule is c1ccc(-c2ccc(N(c3ccc(-c4ccccc4)cc3)c3cccc4oc5ccc6c7ccccc7sc6c5c34)cc2)cc1. The zero-order valence-corrected chi connectivity index (χ0v) is 25.2. The minimum atomic E-state index is 0.888. The summed E-state index contributed by atoms with van der Waals surface area (Å²) < 4.78 is 9.10. The van der Waals surface area contributed by atoms with Crippen molar-refractivity contribution >= 4 is 70.5 Å². The minimum Gasteiger partial charge on any atom is -0.456 e. The van der Waals surface area contributed by atoms with Crippen LogP contribution in [-0.2, 0) is 0 Å². The molecule has 0 unspecified atom stereocenters. The molecule has 7 aromatic carbocycles. The zero-order chi connectivity index (χ0) is 29.7. The number of nitrogens with zero attached hydrogens (tertiary/aromatic N) is 1. The van der Waals surface area contributed by atoms with Crippen LogP contribution >= 0.6 is 11.3 Å². The quantitative estimate of drug-likeness (QED) is 0.197. The van der Waals surface area contributed by atoms with Crippen molar-refractivity contribution in [2.45, 2.75) is 0 Å². The van der Waals surface area contributed by atoms with Crippen molar-refractivity contribution in [1.29, 1.82) is 0 Å². The van der Waals surface area contributed by atoms with E-state index in [-0.39, 0.29) is 0 Å². The van der Waals surface area contributed by atoms with Crippen molar-refractivity contribution in [2.75, 3.05) is 4.90 Å². The second-order valence-electron chi connectivity index (χ2n) is 11.3. The lowest BCUT2D eigenvalue weighted by molar-refractivity contribution is 0.669. The molecule has 2 nitrogen and oxygen atoms in total. The summed E-state index contributed by atoms with van der Waals surface area (Å²) in [6, 6.07) is 58.3. The monoisotopic (exact) mass is 593 g/mol. The first-order valence-corrected chi connectivity index (χ1v) is 16.0. The summed E-state index contributed by atoms with van der Waals surface area (Å²) in [6.07, 6.45) is 0. The maximum atomic E-state index is 6.55. The number of thiophene rings is 1. The van der Waals surface area contributed by atoms with Gasteiger partial charge in [0.25, 0.3) is 0 Å². The lowest BCUT2D eigenvalue weighted by Crippen LogP contribution is -2.10. The molecule has 0 spiro atoms. The topological polar surface area (TPSA) is 16.4 Å². The molecule has 45 heavy (non-hydrogen) atoms. The molecule has 0 aliphatic rings. The van der Waals surface area contributed by atoms with E-state index in [9.17, 15) is 0 Å². The highest BCUT2D eigenvalue weighted by Gasteiger charge is 2.22. The summed E-state index contributed by atoms with van der Waals surface area (Å²) in [7, 11) is 0. The van der Waals surface area contributed by atoms with Crippen LogP contribution in [-0.4, -0.2) is 0 Å². The fourth-order valence-corrected chi connectivity index (χ4v) is 7.79. The molecule has 0 aliphatic carbocycles. The number of rotatable bonds is 5. The molecule has 0 bridgehead atoms. The summed E-state index contributed by atoms with van der Waals surface area (Å²) in [6.45, 7) is 0. The first-order chi connectivity index (χ1) is 22.3. The molecular weight excluding hydrogens is 567 g/mol. The van der Waals surface area contributed by atoms with Gasteiger partial charge in [0.2, 0.25) is 0 Å². The predicted molar refractivity (Wildman–Crippen MR) is 192 cm³/mol. The number of benzene rings is 7. The Labute approximate surface area is 265 Å². The molecule has 3 heteroatoms. The van der Waals surface area contributed by atoms with Gasteiger partial charge in [-0.2, -0.15) is 0 Å². The maximum absolute atomic E-state index is 6.55. The molecule has 0 atom stereocenters. The Balaban J connectivity index is 1.28. The third-order valence-corrected chi connectivity index (χ3v) is 9.89. The van der Waals surface area contributed by atoms with Crippen LogP contribution < -0.4 is 4.90 Å². The standard InChI is InChI=1S/C42H27NOS/c1-3-10-28(11-4-1)30-18-22-32(23-19-30)43(33-24-20-31(21-25-33)29-12-5-2-6-13-29)36-15-9-16-37-40(36)41-38(44-37)27-26-35-34-14-7-8-17-39(34)45-42(35)41/h1-27H. The normalized spacial score (nSPS) is 11.6. The first kappa shape index (κ1) is 25.8. The largest absolute Gasteiger partial charge is 0.456 e. The van der Waals surface area contributed by atoms with E-state index in [2.05, 4.69) is 169 Å². The van der Waals surface area contributed by atoms with Crippen LogP contribution in [0.15, 0.2) is 168 Å². The van der Waals surface area contributed by atoms with Gasteiger partial charge in [0.05, 0.1) is 11.1 Å². The first-order valence-electron chi connectivity index (χ1n) is 15.2. The van der Waals surface area contributed by atoms with E-state index in [0.717, 1.165) is 33.6 Å². The van der Waals surface area contributed by atoms with E-state index >= 15 is 0 Å². The van der Waals surface area contributed by atoms with Crippen LogP contribution in [0.3, 0.4) is 0 Å². The van der Waals surface area contributed by atoms with E-state index in [4.69, 9.17) is 4.42 Å². The maximum Gasteiger partial charge on any atom is 0.137 e. The highest BCUT2D eigenvalue weighted by atomic mass is 32.1. The van der Waals surface area contributed by atoms with Crippen molar-refractivity contribution < 1.29 is 4.42 Å². The van der Waals surface area contributed by atoms with E-state index in [0.29, 0.717) is 0 Å². The average Bonchev–Trinajstić information content (AvgIpc) is 3.69. The summed E-state index contributed by atoms with van der Waals surface area (Å²) in [5.41, 5.74) is 9.87. The Morgan fingerprint density at radius 3 is 1.60 bits per heavy atom. The Hall–Kier alpha value is -5.64. The van der Waals surface area contributed by atoms with Gasteiger partial charge in [-0.05, 0) is 76.9 Å². The molecule has 2 aromatic heterocycles. The highest BCUT2D eigenvalue weighted by Crippen LogP contribution is 2.47. The second kappa shape index (κ2) is 10.5. The van der Waals surface area contributed by atoms with E-state index in [1.165, 1.54) is 47.8 Å². The molecule has 212 valence electrons. The van der Waals surface area contributed by atoms with Gasteiger partial charge in [-0.3, -0.25) is 0 Å². The van der Waals surface area contributed by atoms with E-state index in [1.807, 2.05) is 11.3 Å². The summed E-state index contributed by atoms with van der Waals surface area (Å²) in [5.74, 6) is 0. The van der Waals surface area contributed by atoms with Crippen molar-refractivity contribution in [3.63, 3.8) is 0 Å². The van der Waals surface area contributed by atoms with Gasteiger partial charge in [0.15, 0.2) is 0 Å². The van der Waals surface area contributed by atoms with Crippen molar-refractivity contribution in [1.82, 2.24) is 0 Å². The van der Waals surface area contributed by atoms with Gasteiger partial charge in [-0.1, -0.05) is 109 Å². The smallest absolute Gasteiger partial charge is 0.137 e. The molecule has 0 saturated heterocycles. The molecule has 0 radical (unpaired) electrons. The van der Waals surface area contributed by atoms with Crippen LogP contribution in [0.2, 0.25) is 0 Å². The van der Waals surface area contributed by atoms with Crippen LogP contribution in [0.1, 0.15) is 0 Å². The summed E-state index contributed by atoms with van der Waals surface area (Å²) in [4.78, 5) is 2.37. The Bertz CT molecular complexity index is 2370. The molecule has 0 N–H and O–H groups in total. The Kier molecular flexibility index (Phi) is 6.03. The van der Waals surface area contributed by atoms with Crippen LogP contribution in [0, 0.1) is 0 Å². The van der Waals surface area contributed by atoms with Gasteiger partial charge < -0.3 is 9.32 Å². The average molecular weight is 594 g/mol. The molecule has 9 rings (SSSR count). The number of fused-ring (bicyclic) bond motifs is 7. The molecular formula is C42H27NOS.